The highest BCUT2D eigenvalue weighted by Gasteiger charge is 2.52. The zero-order valence-electron chi connectivity index (χ0n) is 34.6. The molecule has 296 valence electrons. The SMILES string of the molecule is CCCCCN(CCCCC)c1c2ccccc2c(C2C(O)C(c3c4ccccc4c(N(CCCCC)CCCCC)c4ccccc34)C2O)c2ccccc12. The van der Waals surface area contributed by atoms with Crippen LogP contribution in [0.4, 0.5) is 11.4 Å². The van der Waals surface area contributed by atoms with Gasteiger partial charge >= 0.3 is 0 Å². The van der Waals surface area contributed by atoms with Gasteiger partial charge in [0.2, 0.25) is 0 Å². The lowest BCUT2D eigenvalue weighted by molar-refractivity contribution is -0.0765. The van der Waals surface area contributed by atoms with Gasteiger partial charge in [-0.1, -0.05) is 176 Å². The predicted octanol–water partition coefficient (Wildman–Crippen LogP) is 13.3. The Morgan fingerprint density at radius 2 is 0.589 bits per heavy atom. The number of aliphatic hydroxyl groups excluding tert-OH is 2. The number of hydrogen-bond donors (Lipinski definition) is 2. The third-order valence-corrected chi connectivity index (χ3v) is 12.8. The molecule has 1 fully saturated rings. The molecule has 6 aromatic rings. The van der Waals surface area contributed by atoms with Crippen molar-refractivity contribution in [3.63, 3.8) is 0 Å². The van der Waals surface area contributed by atoms with E-state index in [0.29, 0.717) is 0 Å². The fourth-order valence-electron chi connectivity index (χ4n) is 9.95. The van der Waals surface area contributed by atoms with E-state index in [-0.39, 0.29) is 0 Å². The first-order chi connectivity index (χ1) is 27.5. The Hall–Kier alpha value is -4.12. The normalized spacial score (nSPS) is 18.2. The summed E-state index contributed by atoms with van der Waals surface area (Å²) >= 11 is 0. The monoisotopic (exact) mass is 751 g/mol. The second-order valence-corrected chi connectivity index (χ2v) is 16.5. The molecule has 0 bridgehead atoms. The maximum atomic E-state index is 12.6. The summed E-state index contributed by atoms with van der Waals surface area (Å²) in [6.07, 6.45) is 12.9. The van der Waals surface area contributed by atoms with Gasteiger partial charge < -0.3 is 20.0 Å². The summed E-state index contributed by atoms with van der Waals surface area (Å²) in [6, 6.07) is 35.2. The van der Waals surface area contributed by atoms with Gasteiger partial charge in [-0.15, -0.1) is 0 Å². The lowest BCUT2D eigenvalue weighted by Gasteiger charge is -2.48. The molecule has 1 aliphatic rings. The molecule has 0 saturated heterocycles. The largest absolute Gasteiger partial charge is 0.392 e. The fourth-order valence-corrected chi connectivity index (χ4v) is 9.95. The van der Waals surface area contributed by atoms with Gasteiger partial charge in [0.25, 0.3) is 0 Å². The van der Waals surface area contributed by atoms with Crippen molar-refractivity contribution in [3.05, 3.63) is 108 Å². The summed E-state index contributed by atoms with van der Waals surface area (Å²) in [7, 11) is 0. The van der Waals surface area contributed by atoms with Crippen LogP contribution in [0.15, 0.2) is 97.1 Å². The maximum Gasteiger partial charge on any atom is 0.0728 e. The van der Waals surface area contributed by atoms with Gasteiger partial charge in [-0.2, -0.15) is 0 Å². The lowest BCUT2D eigenvalue weighted by Crippen LogP contribution is -2.52. The smallest absolute Gasteiger partial charge is 0.0728 e. The van der Waals surface area contributed by atoms with Crippen LogP contribution in [0.25, 0.3) is 43.1 Å². The van der Waals surface area contributed by atoms with Crippen molar-refractivity contribution in [2.45, 2.75) is 129 Å². The Morgan fingerprint density at radius 1 is 0.357 bits per heavy atom. The minimum atomic E-state index is -0.740. The minimum Gasteiger partial charge on any atom is -0.392 e. The maximum absolute atomic E-state index is 12.6. The van der Waals surface area contributed by atoms with Crippen LogP contribution >= 0.6 is 0 Å². The molecule has 0 radical (unpaired) electrons. The molecular weight excluding hydrogens is 685 g/mol. The molecule has 4 heteroatoms. The quantitative estimate of drug-likeness (QED) is 0.0602. The topological polar surface area (TPSA) is 46.9 Å². The van der Waals surface area contributed by atoms with E-state index in [9.17, 15) is 10.2 Å². The standard InChI is InChI=1S/C52H66N2O2/c1-5-9-21-33-53(34-22-10-6-2)49-41-29-17-13-25-37(41)45(38-26-14-18-30-42(38)49)47-51(55)48(52(47)56)46-39-27-15-19-31-43(39)50(44-32-20-16-28-40(44)46)54(35-23-11-7-3)36-24-12-8-4/h13-20,25-32,47-48,51-52,55-56H,5-12,21-24,33-36H2,1-4H3. The van der Waals surface area contributed by atoms with Gasteiger partial charge in [0.05, 0.1) is 23.6 Å². The van der Waals surface area contributed by atoms with Gasteiger partial charge in [-0.3, -0.25) is 0 Å². The summed E-state index contributed by atoms with van der Waals surface area (Å²) in [5.41, 5.74) is 4.78. The molecule has 7 rings (SSSR count). The number of rotatable bonds is 20. The van der Waals surface area contributed by atoms with E-state index in [1.807, 2.05) is 0 Å². The number of aliphatic hydroxyl groups is 2. The van der Waals surface area contributed by atoms with E-state index in [2.05, 4.69) is 135 Å². The number of hydrogen-bond acceptors (Lipinski definition) is 4. The van der Waals surface area contributed by atoms with Crippen molar-refractivity contribution in [1.82, 2.24) is 0 Å². The second-order valence-electron chi connectivity index (χ2n) is 16.5. The first-order valence-electron chi connectivity index (χ1n) is 22.3. The minimum absolute atomic E-state index is 0.408. The molecule has 0 atom stereocenters. The highest BCUT2D eigenvalue weighted by molar-refractivity contribution is 6.16. The summed E-state index contributed by atoms with van der Waals surface area (Å²) in [4.78, 5) is 5.29. The average Bonchev–Trinajstić information content (AvgIpc) is 3.23. The molecule has 6 aromatic carbocycles. The molecule has 1 aliphatic carbocycles. The van der Waals surface area contributed by atoms with Crippen molar-refractivity contribution < 1.29 is 10.2 Å². The van der Waals surface area contributed by atoms with E-state index in [1.54, 1.807) is 0 Å². The zero-order valence-corrected chi connectivity index (χ0v) is 34.6. The van der Waals surface area contributed by atoms with E-state index < -0.39 is 24.0 Å². The van der Waals surface area contributed by atoms with Gasteiger partial charge in [0, 0.05) is 59.6 Å². The first-order valence-corrected chi connectivity index (χ1v) is 22.3. The molecular formula is C52H66N2O2. The van der Waals surface area contributed by atoms with Crippen molar-refractivity contribution in [1.29, 1.82) is 0 Å². The van der Waals surface area contributed by atoms with Crippen LogP contribution in [-0.2, 0) is 0 Å². The summed E-state index contributed by atoms with van der Waals surface area (Å²) in [5, 5.41) is 34.8. The molecule has 0 heterocycles. The molecule has 56 heavy (non-hydrogen) atoms. The average molecular weight is 751 g/mol. The highest BCUT2D eigenvalue weighted by Crippen LogP contribution is 2.56. The molecule has 0 spiro atoms. The van der Waals surface area contributed by atoms with Gasteiger partial charge in [0.15, 0.2) is 0 Å². The molecule has 2 N–H and O–H groups in total. The number of anilines is 2. The van der Waals surface area contributed by atoms with E-state index in [1.165, 1.54) is 110 Å². The number of nitrogens with zero attached hydrogens (tertiary/aromatic N) is 2. The van der Waals surface area contributed by atoms with Gasteiger partial charge in [-0.25, -0.2) is 0 Å². The van der Waals surface area contributed by atoms with E-state index in [0.717, 1.165) is 58.9 Å². The fraction of sp³-hybridized carbons (Fsp3) is 0.462. The zero-order chi connectivity index (χ0) is 39.0. The summed E-state index contributed by atoms with van der Waals surface area (Å²) in [6.45, 7) is 13.3. The van der Waals surface area contributed by atoms with Crippen LogP contribution in [0.1, 0.15) is 128 Å². The third-order valence-electron chi connectivity index (χ3n) is 12.8. The van der Waals surface area contributed by atoms with Crippen LogP contribution < -0.4 is 9.80 Å². The third kappa shape index (κ3) is 7.77. The Labute approximate surface area is 336 Å². The Bertz CT molecular complexity index is 1910. The molecule has 1 saturated carbocycles. The van der Waals surface area contributed by atoms with Gasteiger partial charge in [-0.05, 0) is 58.4 Å². The molecule has 0 aliphatic heterocycles. The second kappa shape index (κ2) is 18.9. The van der Waals surface area contributed by atoms with Crippen molar-refractivity contribution in [2.75, 3.05) is 36.0 Å². The van der Waals surface area contributed by atoms with Crippen LogP contribution in [0, 0.1) is 0 Å². The Balaban J connectivity index is 1.35. The van der Waals surface area contributed by atoms with Crippen LogP contribution in [0.5, 0.6) is 0 Å². The predicted molar refractivity (Wildman–Crippen MR) is 243 cm³/mol. The van der Waals surface area contributed by atoms with Crippen LogP contribution in [0.2, 0.25) is 0 Å². The first kappa shape index (κ1) is 40.1. The lowest BCUT2D eigenvalue weighted by atomic mass is 9.60. The Kier molecular flexibility index (Phi) is 13.5. The van der Waals surface area contributed by atoms with Crippen LogP contribution in [-0.4, -0.2) is 48.6 Å². The summed E-state index contributed by atoms with van der Waals surface area (Å²) < 4.78 is 0. The van der Waals surface area contributed by atoms with E-state index >= 15 is 0 Å². The van der Waals surface area contributed by atoms with Gasteiger partial charge in [0.1, 0.15) is 0 Å². The van der Waals surface area contributed by atoms with Crippen molar-refractivity contribution in [2.24, 2.45) is 0 Å². The number of fused-ring (bicyclic) bond motifs is 4. The van der Waals surface area contributed by atoms with Crippen molar-refractivity contribution in [3.8, 4) is 0 Å². The molecule has 4 nitrogen and oxygen atoms in total. The molecule has 0 aromatic heterocycles. The number of unbranched alkanes of at least 4 members (excludes halogenated alkanes) is 8. The highest BCUT2D eigenvalue weighted by atomic mass is 16.3. The molecule has 0 amide bonds. The summed E-state index contributed by atoms with van der Waals surface area (Å²) in [5.74, 6) is -0.816. The van der Waals surface area contributed by atoms with E-state index in [4.69, 9.17) is 0 Å². The molecule has 0 unspecified atom stereocenters. The van der Waals surface area contributed by atoms with Crippen molar-refractivity contribution >= 4 is 54.5 Å². The number of benzene rings is 6. The Morgan fingerprint density at radius 3 is 0.821 bits per heavy atom. The van der Waals surface area contributed by atoms with Crippen LogP contribution in [0.3, 0.4) is 0 Å².